The number of carbonyl (C=O) groups is 2. The Kier molecular flexibility index (Phi) is 52.6. The SMILES string of the molecule is CCCCC/C=C\C/C=C\C/C=C\CCCCCCCCC(=O)OC1C(OCC(NC(=O)C(O)CCCCCCCCCC/C=C/CCCCCCCC)C(O)/C=C/CCCCCCCCCCCCC)OC(CO)C(O)C1O. The average Bonchev–Trinajstić information content (AvgIpc) is 3.49. The topological polar surface area (TPSA) is 175 Å². The molecule has 11 heteroatoms. The molecular formula is C68H123NO10. The molecule has 0 bridgehead atoms. The number of aliphatic hydroxyl groups excluding tert-OH is 5. The number of allylic oxidation sites excluding steroid dienone is 9. The van der Waals surface area contributed by atoms with E-state index in [0.29, 0.717) is 12.8 Å². The summed E-state index contributed by atoms with van der Waals surface area (Å²) in [5, 5.41) is 57.1. The molecule has 0 aromatic heterocycles. The van der Waals surface area contributed by atoms with Crippen LogP contribution in [0.25, 0.3) is 0 Å². The third kappa shape index (κ3) is 43.7. The second kappa shape index (κ2) is 55.9. The molecule has 8 unspecified atom stereocenters. The van der Waals surface area contributed by atoms with E-state index >= 15 is 0 Å². The maximum Gasteiger partial charge on any atom is 0.306 e. The Balaban J connectivity index is 2.67. The Morgan fingerprint density at radius 2 is 0.873 bits per heavy atom. The maximum atomic E-state index is 13.5. The highest BCUT2D eigenvalue weighted by Gasteiger charge is 2.47. The Labute approximate surface area is 484 Å². The fourth-order valence-electron chi connectivity index (χ4n) is 10.1. The van der Waals surface area contributed by atoms with Crippen molar-refractivity contribution in [1.29, 1.82) is 0 Å². The molecule has 460 valence electrons. The average molecular weight is 1110 g/mol. The zero-order chi connectivity index (χ0) is 57.5. The number of hydrogen-bond donors (Lipinski definition) is 6. The van der Waals surface area contributed by atoms with Crippen LogP contribution in [-0.2, 0) is 23.8 Å². The van der Waals surface area contributed by atoms with Crippen LogP contribution in [0.3, 0.4) is 0 Å². The van der Waals surface area contributed by atoms with Gasteiger partial charge in [0.15, 0.2) is 12.4 Å². The summed E-state index contributed by atoms with van der Waals surface area (Å²) in [5.41, 5.74) is 0. The number of hydrogen-bond acceptors (Lipinski definition) is 10. The fraction of sp³-hybridized carbons (Fsp3) is 0.824. The zero-order valence-corrected chi connectivity index (χ0v) is 51.0. The first-order valence-electron chi connectivity index (χ1n) is 33.1. The first kappa shape index (κ1) is 74.4. The predicted octanol–water partition coefficient (Wildman–Crippen LogP) is 16.2. The number of esters is 1. The molecule has 6 N–H and O–H groups in total. The number of carbonyl (C=O) groups excluding carboxylic acids is 2. The number of amides is 1. The van der Waals surface area contributed by atoms with Gasteiger partial charge in [-0.3, -0.25) is 9.59 Å². The standard InChI is InChI=1S/C68H123NO10/c1-4-7-10-13-16-19-22-25-27-29-31-33-35-38-41-44-47-50-53-56-63(73)79-66-65(75)64(74)62(57-70)78-68(66)77-58-59(60(71)54-51-48-45-42-39-36-24-21-18-15-12-9-6-3)69-67(76)61(72)55-52-49-46-43-40-37-34-32-30-28-26-23-20-17-14-11-8-5-2/h16,19,25-28,31,33,51,54,59-62,64-66,68,70-72,74-75H,4-15,17-18,20-24,29-30,32,34-50,52-53,55-58H2,1-3H3,(H,69,76)/b19-16-,27-25-,28-26+,33-31-,54-51+. The molecular weight excluding hydrogens is 991 g/mol. The van der Waals surface area contributed by atoms with Crippen molar-refractivity contribution in [2.24, 2.45) is 0 Å². The molecule has 1 amide bonds. The minimum absolute atomic E-state index is 0.108. The Morgan fingerprint density at radius 3 is 1.34 bits per heavy atom. The number of aliphatic hydroxyl groups is 5. The zero-order valence-electron chi connectivity index (χ0n) is 51.0. The van der Waals surface area contributed by atoms with Crippen LogP contribution in [0.1, 0.15) is 297 Å². The van der Waals surface area contributed by atoms with Gasteiger partial charge >= 0.3 is 5.97 Å². The first-order valence-corrected chi connectivity index (χ1v) is 33.1. The van der Waals surface area contributed by atoms with Crippen molar-refractivity contribution in [2.45, 2.75) is 346 Å². The smallest absolute Gasteiger partial charge is 0.306 e. The Bertz CT molecular complexity index is 1510. The lowest BCUT2D eigenvalue weighted by Crippen LogP contribution is -2.61. The summed E-state index contributed by atoms with van der Waals surface area (Å²) in [6.45, 7) is 5.77. The van der Waals surface area contributed by atoms with Gasteiger partial charge < -0.3 is 45.1 Å². The van der Waals surface area contributed by atoms with Crippen LogP contribution in [0.4, 0.5) is 0 Å². The summed E-state index contributed by atoms with van der Waals surface area (Å²) in [5.74, 6) is -1.20. The summed E-state index contributed by atoms with van der Waals surface area (Å²) < 4.78 is 17.6. The fourth-order valence-corrected chi connectivity index (χ4v) is 10.1. The molecule has 1 aliphatic heterocycles. The minimum Gasteiger partial charge on any atom is -0.454 e. The molecule has 0 aromatic rings. The van der Waals surface area contributed by atoms with Crippen molar-refractivity contribution < 1.29 is 49.3 Å². The van der Waals surface area contributed by atoms with Gasteiger partial charge in [-0.25, -0.2) is 0 Å². The molecule has 1 saturated heterocycles. The van der Waals surface area contributed by atoms with Gasteiger partial charge in [0.05, 0.1) is 25.4 Å². The van der Waals surface area contributed by atoms with E-state index in [1.807, 2.05) is 6.08 Å². The second-order valence-corrected chi connectivity index (χ2v) is 22.8. The Morgan fingerprint density at radius 1 is 0.494 bits per heavy atom. The van der Waals surface area contributed by atoms with Crippen LogP contribution >= 0.6 is 0 Å². The summed E-state index contributed by atoms with van der Waals surface area (Å²) >= 11 is 0. The molecule has 79 heavy (non-hydrogen) atoms. The van der Waals surface area contributed by atoms with Crippen molar-refractivity contribution >= 4 is 11.9 Å². The largest absolute Gasteiger partial charge is 0.454 e. The summed E-state index contributed by atoms with van der Waals surface area (Å²) in [6, 6.07) is -1.03. The van der Waals surface area contributed by atoms with Gasteiger partial charge in [0.25, 0.3) is 0 Å². The minimum atomic E-state index is -1.62. The normalized spacial score (nSPS) is 19.2. The van der Waals surface area contributed by atoms with Crippen LogP contribution in [-0.4, -0.2) is 99.6 Å². The number of unbranched alkanes of at least 4 members (excludes halogenated alkanes) is 34. The van der Waals surface area contributed by atoms with Gasteiger partial charge in [-0.15, -0.1) is 0 Å². The van der Waals surface area contributed by atoms with E-state index in [4.69, 9.17) is 14.2 Å². The second-order valence-electron chi connectivity index (χ2n) is 22.8. The molecule has 0 aliphatic carbocycles. The molecule has 1 aliphatic rings. The van der Waals surface area contributed by atoms with Crippen LogP contribution in [0.5, 0.6) is 0 Å². The molecule has 0 aromatic carbocycles. The lowest BCUT2D eigenvalue weighted by Gasteiger charge is -2.41. The lowest BCUT2D eigenvalue weighted by atomic mass is 9.99. The van der Waals surface area contributed by atoms with E-state index in [0.717, 1.165) is 96.3 Å². The van der Waals surface area contributed by atoms with Crippen molar-refractivity contribution in [3.8, 4) is 0 Å². The number of rotatable bonds is 56. The molecule has 0 radical (unpaired) electrons. The predicted molar refractivity (Wildman–Crippen MR) is 329 cm³/mol. The van der Waals surface area contributed by atoms with Crippen molar-refractivity contribution in [1.82, 2.24) is 5.32 Å². The van der Waals surface area contributed by atoms with Crippen LogP contribution in [0, 0.1) is 0 Å². The lowest BCUT2D eigenvalue weighted by molar-refractivity contribution is -0.305. The van der Waals surface area contributed by atoms with Crippen molar-refractivity contribution in [3.63, 3.8) is 0 Å². The third-order valence-electron chi connectivity index (χ3n) is 15.4. The van der Waals surface area contributed by atoms with Crippen LogP contribution in [0.15, 0.2) is 60.8 Å². The van der Waals surface area contributed by atoms with E-state index in [2.05, 4.69) is 74.7 Å². The van der Waals surface area contributed by atoms with E-state index in [1.165, 1.54) is 154 Å². The van der Waals surface area contributed by atoms with Gasteiger partial charge in [-0.2, -0.15) is 0 Å². The highest BCUT2D eigenvalue weighted by molar-refractivity contribution is 5.80. The highest BCUT2D eigenvalue weighted by atomic mass is 16.7. The van der Waals surface area contributed by atoms with E-state index in [1.54, 1.807) is 6.08 Å². The monoisotopic (exact) mass is 1110 g/mol. The number of ether oxygens (including phenoxy) is 3. The molecule has 8 atom stereocenters. The van der Waals surface area contributed by atoms with Crippen molar-refractivity contribution in [2.75, 3.05) is 13.2 Å². The summed E-state index contributed by atoms with van der Waals surface area (Å²) in [4.78, 5) is 26.6. The molecule has 11 nitrogen and oxygen atoms in total. The Hall–Kier alpha value is -2.64. The summed E-state index contributed by atoms with van der Waals surface area (Å²) in [6.07, 6.45) is 59.6. The van der Waals surface area contributed by atoms with E-state index in [9.17, 15) is 35.1 Å². The van der Waals surface area contributed by atoms with E-state index in [-0.39, 0.29) is 19.4 Å². The molecule has 0 saturated carbocycles. The van der Waals surface area contributed by atoms with Crippen LogP contribution in [0.2, 0.25) is 0 Å². The van der Waals surface area contributed by atoms with Gasteiger partial charge in [0.1, 0.15) is 24.4 Å². The third-order valence-corrected chi connectivity index (χ3v) is 15.4. The molecule has 1 heterocycles. The van der Waals surface area contributed by atoms with Gasteiger partial charge in [0, 0.05) is 6.42 Å². The van der Waals surface area contributed by atoms with Gasteiger partial charge in [-0.05, 0) is 89.9 Å². The molecule has 0 spiro atoms. The maximum absolute atomic E-state index is 13.5. The summed E-state index contributed by atoms with van der Waals surface area (Å²) in [7, 11) is 0. The quantitative estimate of drug-likeness (QED) is 0.0195. The van der Waals surface area contributed by atoms with E-state index < -0.39 is 67.4 Å². The molecule has 1 fully saturated rings. The van der Waals surface area contributed by atoms with Crippen molar-refractivity contribution in [3.05, 3.63) is 60.8 Å². The van der Waals surface area contributed by atoms with Gasteiger partial charge in [0.2, 0.25) is 5.91 Å². The molecule has 1 rings (SSSR count). The van der Waals surface area contributed by atoms with Gasteiger partial charge in [-0.1, -0.05) is 261 Å². The first-order chi connectivity index (χ1) is 38.7. The highest BCUT2D eigenvalue weighted by Crippen LogP contribution is 2.26. The van der Waals surface area contributed by atoms with Crippen LogP contribution < -0.4 is 5.32 Å². The number of nitrogens with one attached hydrogen (secondary N) is 1.